The molecule has 27 heavy (non-hydrogen) atoms. The maximum absolute atomic E-state index is 5.69. The fourth-order valence-electron chi connectivity index (χ4n) is 2.73. The molecule has 146 valence electrons. The molecule has 0 bridgehead atoms. The van der Waals surface area contributed by atoms with E-state index in [-0.39, 0.29) is 0 Å². The third kappa shape index (κ3) is 7.53. The van der Waals surface area contributed by atoms with Crippen LogP contribution >= 0.6 is 12.2 Å². The van der Waals surface area contributed by atoms with Crippen LogP contribution in [-0.2, 0) is 13.1 Å². The number of nitrogens with zero attached hydrogens (tertiary/aromatic N) is 4. The predicted octanol–water partition coefficient (Wildman–Crippen LogP) is 2.98. The predicted molar refractivity (Wildman–Crippen MR) is 118 cm³/mol. The van der Waals surface area contributed by atoms with E-state index in [0.29, 0.717) is 0 Å². The lowest BCUT2D eigenvalue weighted by Gasteiger charge is -2.26. The van der Waals surface area contributed by atoms with E-state index in [2.05, 4.69) is 83.5 Å². The van der Waals surface area contributed by atoms with Crippen molar-refractivity contribution >= 4 is 23.0 Å². The van der Waals surface area contributed by atoms with Crippen LogP contribution in [0.15, 0.2) is 48.8 Å². The topological polar surface area (TPSA) is 34.6 Å². The Morgan fingerprint density at radius 3 is 2.30 bits per heavy atom. The lowest BCUT2D eigenvalue weighted by atomic mass is 10.1. The van der Waals surface area contributed by atoms with Gasteiger partial charge in [-0.3, -0.25) is 4.98 Å². The summed E-state index contributed by atoms with van der Waals surface area (Å²) in [6.07, 6.45) is 4.76. The Morgan fingerprint density at radius 1 is 1.00 bits per heavy atom. The summed E-state index contributed by atoms with van der Waals surface area (Å²) in [6.45, 7) is 3.43. The molecule has 5 nitrogen and oxygen atoms in total. The summed E-state index contributed by atoms with van der Waals surface area (Å²) >= 11 is 5.69. The van der Waals surface area contributed by atoms with Gasteiger partial charge in [-0.1, -0.05) is 18.2 Å². The van der Waals surface area contributed by atoms with Gasteiger partial charge in [-0.05, 0) is 68.6 Å². The normalized spacial score (nSPS) is 10.7. The number of thiocarbonyl (C=S) groups is 1. The third-order valence-corrected chi connectivity index (χ3v) is 4.67. The van der Waals surface area contributed by atoms with Gasteiger partial charge in [0.2, 0.25) is 0 Å². The van der Waals surface area contributed by atoms with Gasteiger partial charge in [0.15, 0.2) is 5.11 Å². The van der Waals surface area contributed by atoms with Crippen molar-refractivity contribution in [2.45, 2.75) is 19.5 Å². The molecule has 2 rings (SSSR count). The molecular formula is C21H31N5S. The summed E-state index contributed by atoms with van der Waals surface area (Å²) < 4.78 is 0. The molecule has 0 radical (unpaired) electrons. The maximum Gasteiger partial charge on any atom is 0.169 e. The standard InChI is InChI=1S/C21H31N5S/c1-24(2)14-6-13-23-21(27)26(17-19-7-5-12-22-15-19)16-18-8-10-20(11-9-18)25(3)4/h5,7-12,15H,6,13-14,16-17H2,1-4H3,(H,23,27). The van der Waals surface area contributed by atoms with E-state index < -0.39 is 0 Å². The third-order valence-electron chi connectivity index (χ3n) is 4.27. The number of hydrogen-bond acceptors (Lipinski definition) is 4. The average molecular weight is 386 g/mol. The van der Waals surface area contributed by atoms with Crippen LogP contribution in [0.4, 0.5) is 5.69 Å². The molecule has 6 heteroatoms. The zero-order chi connectivity index (χ0) is 19.6. The van der Waals surface area contributed by atoms with Crippen molar-refractivity contribution < 1.29 is 0 Å². The smallest absolute Gasteiger partial charge is 0.169 e. The second kappa shape index (κ2) is 10.8. The van der Waals surface area contributed by atoms with E-state index in [0.717, 1.165) is 43.3 Å². The summed E-state index contributed by atoms with van der Waals surface area (Å²) in [5.74, 6) is 0. The molecule has 0 amide bonds. The minimum atomic E-state index is 0.739. The van der Waals surface area contributed by atoms with Crippen molar-refractivity contribution in [2.75, 3.05) is 46.2 Å². The Kier molecular flexibility index (Phi) is 8.48. The zero-order valence-corrected chi connectivity index (χ0v) is 17.7. The van der Waals surface area contributed by atoms with Crippen LogP contribution in [-0.4, -0.2) is 61.2 Å². The number of pyridine rings is 1. The molecule has 1 N–H and O–H groups in total. The Bertz CT molecular complexity index is 685. The van der Waals surface area contributed by atoms with Gasteiger partial charge in [0.05, 0.1) is 0 Å². The number of nitrogens with one attached hydrogen (secondary N) is 1. The van der Waals surface area contributed by atoms with Crippen LogP contribution in [0.2, 0.25) is 0 Å². The fourth-order valence-corrected chi connectivity index (χ4v) is 2.97. The summed E-state index contributed by atoms with van der Waals surface area (Å²) in [7, 11) is 8.28. The molecule has 1 heterocycles. The Balaban J connectivity index is 2.03. The maximum atomic E-state index is 5.69. The minimum Gasteiger partial charge on any atom is -0.378 e. The highest BCUT2D eigenvalue weighted by molar-refractivity contribution is 7.80. The number of anilines is 1. The molecule has 0 atom stereocenters. The van der Waals surface area contributed by atoms with E-state index in [4.69, 9.17) is 12.2 Å². The van der Waals surface area contributed by atoms with E-state index >= 15 is 0 Å². The highest BCUT2D eigenvalue weighted by atomic mass is 32.1. The van der Waals surface area contributed by atoms with E-state index in [1.165, 1.54) is 11.3 Å². The van der Waals surface area contributed by atoms with Crippen molar-refractivity contribution in [3.05, 3.63) is 59.9 Å². The van der Waals surface area contributed by atoms with Crippen molar-refractivity contribution in [3.8, 4) is 0 Å². The van der Waals surface area contributed by atoms with Gasteiger partial charge in [0.25, 0.3) is 0 Å². The summed E-state index contributed by atoms with van der Waals surface area (Å²) in [4.78, 5) is 10.7. The van der Waals surface area contributed by atoms with Gasteiger partial charge in [-0.15, -0.1) is 0 Å². The Morgan fingerprint density at radius 2 is 1.70 bits per heavy atom. The molecular weight excluding hydrogens is 354 g/mol. The van der Waals surface area contributed by atoms with Crippen molar-refractivity contribution in [2.24, 2.45) is 0 Å². The molecule has 0 spiro atoms. The molecule has 0 saturated carbocycles. The monoisotopic (exact) mass is 385 g/mol. The van der Waals surface area contributed by atoms with Crippen molar-refractivity contribution in [1.29, 1.82) is 0 Å². The lowest BCUT2D eigenvalue weighted by molar-refractivity contribution is 0.384. The van der Waals surface area contributed by atoms with Gasteiger partial charge in [0, 0.05) is 51.8 Å². The first-order chi connectivity index (χ1) is 13.0. The molecule has 0 unspecified atom stereocenters. The van der Waals surface area contributed by atoms with E-state index in [1.54, 1.807) is 6.20 Å². The molecule has 1 aromatic heterocycles. The van der Waals surface area contributed by atoms with Gasteiger partial charge in [0.1, 0.15) is 0 Å². The second-order valence-electron chi connectivity index (χ2n) is 7.17. The molecule has 1 aromatic carbocycles. The van der Waals surface area contributed by atoms with Crippen LogP contribution in [0.3, 0.4) is 0 Å². The highest BCUT2D eigenvalue weighted by Crippen LogP contribution is 2.15. The quantitative estimate of drug-likeness (QED) is 0.528. The van der Waals surface area contributed by atoms with Crippen LogP contribution in [0.25, 0.3) is 0 Å². The molecule has 2 aromatic rings. The first-order valence-corrected chi connectivity index (χ1v) is 9.69. The van der Waals surface area contributed by atoms with Gasteiger partial charge < -0.3 is 20.0 Å². The first kappa shape index (κ1) is 21.1. The molecule has 0 aliphatic rings. The molecule has 0 aliphatic heterocycles. The van der Waals surface area contributed by atoms with Crippen LogP contribution in [0.5, 0.6) is 0 Å². The first-order valence-electron chi connectivity index (χ1n) is 9.28. The van der Waals surface area contributed by atoms with Gasteiger partial charge in [-0.2, -0.15) is 0 Å². The van der Waals surface area contributed by atoms with Gasteiger partial charge >= 0.3 is 0 Å². The zero-order valence-electron chi connectivity index (χ0n) is 16.9. The van der Waals surface area contributed by atoms with Crippen LogP contribution in [0.1, 0.15) is 17.5 Å². The van der Waals surface area contributed by atoms with E-state index in [9.17, 15) is 0 Å². The van der Waals surface area contributed by atoms with Crippen LogP contribution in [0, 0.1) is 0 Å². The average Bonchev–Trinajstić information content (AvgIpc) is 2.65. The lowest BCUT2D eigenvalue weighted by Crippen LogP contribution is -2.39. The molecule has 0 fully saturated rings. The summed E-state index contributed by atoms with van der Waals surface area (Å²) in [5.41, 5.74) is 3.59. The highest BCUT2D eigenvalue weighted by Gasteiger charge is 2.11. The van der Waals surface area contributed by atoms with Crippen molar-refractivity contribution in [3.63, 3.8) is 0 Å². The molecule has 0 aliphatic carbocycles. The Labute approximate surface area is 169 Å². The number of rotatable bonds is 9. The van der Waals surface area contributed by atoms with Crippen molar-refractivity contribution in [1.82, 2.24) is 20.1 Å². The van der Waals surface area contributed by atoms with Gasteiger partial charge in [-0.25, -0.2) is 0 Å². The SMILES string of the molecule is CN(C)CCCNC(=S)N(Cc1ccc(N(C)C)cc1)Cc1cccnc1. The minimum absolute atomic E-state index is 0.739. The second-order valence-corrected chi connectivity index (χ2v) is 7.55. The number of hydrogen-bond donors (Lipinski definition) is 1. The van der Waals surface area contributed by atoms with Crippen LogP contribution < -0.4 is 10.2 Å². The van der Waals surface area contributed by atoms with E-state index in [1.807, 2.05) is 12.3 Å². The Hall–Kier alpha value is -2.18. The number of aromatic nitrogens is 1. The summed E-state index contributed by atoms with van der Waals surface area (Å²) in [5, 5.41) is 4.20. The largest absolute Gasteiger partial charge is 0.378 e. The number of benzene rings is 1. The molecule has 0 saturated heterocycles. The summed E-state index contributed by atoms with van der Waals surface area (Å²) in [6, 6.07) is 12.7. The fraction of sp³-hybridized carbons (Fsp3) is 0.429.